The molecule has 0 unspecified atom stereocenters. The maximum Gasteiger partial charge on any atom is 0.167 e. The fourth-order valence-electron chi connectivity index (χ4n) is 1.23. The molecule has 0 amide bonds. The van der Waals surface area contributed by atoms with Gasteiger partial charge < -0.3 is 5.11 Å². The molecule has 1 rings (SSSR count). The highest BCUT2D eigenvalue weighted by Gasteiger charge is 2.36. The van der Waals surface area contributed by atoms with Crippen LogP contribution in [-0.4, -0.2) is 10.9 Å². The number of Topliss-reactive ketones (excluding diaryl/α,β-unsaturated/α-hetero) is 1. The fourth-order valence-corrected chi connectivity index (χ4v) is 1.23. The second-order valence-corrected chi connectivity index (χ2v) is 3.37. The molecule has 0 heterocycles. The molecule has 0 radical (unpaired) electrons. The second kappa shape index (κ2) is 2.11. The summed E-state index contributed by atoms with van der Waals surface area (Å²) in [6.07, 6.45) is 2.53. The minimum atomic E-state index is -0.242. The summed E-state index contributed by atoms with van der Waals surface area (Å²) in [5.41, 5.74) is 0.333. The summed E-state index contributed by atoms with van der Waals surface area (Å²) in [6.45, 7) is 3.82. The molecular weight excluding hydrogens is 128 g/mol. The van der Waals surface area contributed by atoms with Gasteiger partial charge in [-0.15, -0.1) is 0 Å². The molecule has 1 saturated carbocycles. The van der Waals surface area contributed by atoms with E-state index in [1.807, 2.05) is 13.8 Å². The van der Waals surface area contributed by atoms with Gasteiger partial charge in [0.1, 0.15) is 0 Å². The van der Waals surface area contributed by atoms with Gasteiger partial charge in [-0.2, -0.15) is 0 Å². The van der Waals surface area contributed by atoms with Crippen LogP contribution < -0.4 is 0 Å². The third-order valence-corrected chi connectivity index (χ3v) is 2.08. The third kappa shape index (κ3) is 0.939. The van der Waals surface area contributed by atoms with E-state index < -0.39 is 0 Å². The second-order valence-electron chi connectivity index (χ2n) is 3.37. The topological polar surface area (TPSA) is 37.3 Å². The SMILES string of the molecule is CC1(C)CC/C(=C\O)C1=O. The van der Waals surface area contributed by atoms with Crippen molar-refractivity contribution in [3.8, 4) is 0 Å². The largest absolute Gasteiger partial charge is 0.515 e. The molecule has 0 aromatic heterocycles. The van der Waals surface area contributed by atoms with Gasteiger partial charge in [-0.05, 0) is 12.8 Å². The number of aliphatic hydroxyl groups is 1. The van der Waals surface area contributed by atoms with Crippen molar-refractivity contribution in [1.82, 2.24) is 0 Å². The smallest absolute Gasteiger partial charge is 0.167 e. The molecule has 0 aromatic rings. The summed E-state index contributed by atoms with van der Waals surface area (Å²) in [4.78, 5) is 11.2. The lowest BCUT2D eigenvalue weighted by Crippen LogP contribution is -2.17. The van der Waals surface area contributed by atoms with Crippen LogP contribution in [0.15, 0.2) is 11.8 Å². The number of allylic oxidation sites excluding steroid dienone is 1. The van der Waals surface area contributed by atoms with Gasteiger partial charge in [-0.1, -0.05) is 13.8 Å². The molecule has 0 saturated heterocycles. The van der Waals surface area contributed by atoms with Crippen LogP contribution in [0.2, 0.25) is 0 Å². The molecule has 56 valence electrons. The van der Waals surface area contributed by atoms with E-state index in [0.29, 0.717) is 5.57 Å². The summed E-state index contributed by atoms with van der Waals surface area (Å²) in [5, 5.41) is 8.59. The molecule has 10 heavy (non-hydrogen) atoms. The summed E-state index contributed by atoms with van der Waals surface area (Å²) >= 11 is 0. The highest BCUT2D eigenvalue weighted by molar-refractivity contribution is 6.01. The molecular formula is C8H12O2. The van der Waals surface area contributed by atoms with Crippen molar-refractivity contribution in [3.63, 3.8) is 0 Å². The van der Waals surface area contributed by atoms with Crippen LogP contribution in [0.3, 0.4) is 0 Å². The molecule has 0 atom stereocenters. The van der Waals surface area contributed by atoms with E-state index in [9.17, 15) is 4.79 Å². The lowest BCUT2D eigenvalue weighted by molar-refractivity contribution is -0.121. The zero-order valence-electron chi connectivity index (χ0n) is 6.35. The van der Waals surface area contributed by atoms with Gasteiger partial charge in [0.25, 0.3) is 0 Å². The Labute approximate surface area is 60.6 Å². The standard InChI is InChI=1S/C8H12O2/c1-8(2)4-3-6(5-9)7(8)10/h5,9H,3-4H2,1-2H3/b6-5+. The van der Waals surface area contributed by atoms with E-state index in [0.717, 1.165) is 19.1 Å². The van der Waals surface area contributed by atoms with Crippen molar-refractivity contribution in [2.45, 2.75) is 26.7 Å². The van der Waals surface area contributed by atoms with E-state index in [1.54, 1.807) is 0 Å². The molecule has 1 N–H and O–H groups in total. The first-order valence-corrected chi connectivity index (χ1v) is 3.46. The predicted molar refractivity (Wildman–Crippen MR) is 38.7 cm³/mol. The van der Waals surface area contributed by atoms with Gasteiger partial charge in [0.05, 0.1) is 6.26 Å². The highest BCUT2D eigenvalue weighted by atomic mass is 16.2. The van der Waals surface area contributed by atoms with E-state index in [1.165, 1.54) is 0 Å². The molecule has 0 aromatic carbocycles. The summed E-state index contributed by atoms with van der Waals surface area (Å²) < 4.78 is 0. The Morgan fingerprint density at radius 1 is 1.60 bits per heavy atom. The zero-order chi connectivity index (χ0) is 7.78. The number of carbonyl (C=O) groups is 1. The number of carbonyl (C=O) groups excluding carboxylic acids is 1. The Hall–Kier alpha value is -0.790. The summed E-state index contributed by atoms with van der Waals surface area (Å²) in [7, 11) is 0. The van der Waals surface area contributed by atoms with E-state index in [-0.39, 0.29) is 11.2 Å². The molecule has 0 bridgehead atoms. The van der Waals surface area contributed by atoms with E-state index in [2.05, 4.69) is 0 Å². The van der Waals surface area contributed by atoms with Gasteiger partial charge in [0.2, 0.25) is 0 Å². The number of hydrogen-bond donors (Lipinski definition) is 1. The van der Waals surface area contributed by atoms with Crippen LogP contribution in [0, 0.1) is 5.41 Å². The molecule has 2 nitrogen and oxygen atoms in total. The van der Waals surface area contributed by atoms with Gasteiger partial charge in [0, 0.05) is 11.0 Å². The van der Waals surface area contributed by atoms with Crippen LogP contribution in [0.5, 0.6) is 0 Å². The van der Waals surface area contributed by atoms with E-state index in [4.69, 9.17) is 5.11 Å². The number of aliphatic hydroxyl groups excluding tert-OH is 1. The Kier molecular flexibility index (Phi) is 1.55. The number of hydrogen-bond acceptors (Lipinski definition) is 2. The minimum absolute atomic E-state index is 0.0926. The van der Waals surface area contributed by atoms with Crippen molar-refractivity contribution >= 4 is 5.78 Å². The first-order chi connectivity index (χ1) is 4.58. The lowest BCUT2D eigenvalue weighted by atomic mass is 9.90. The fraction of sp³-hybridized carbons (Fsp3) is 0.625. The third-order valence-electron chi connectivity index (χ3n) is 2.08. The Morgan fingerprint density at radius 2 is 2.20 bits per heavy atom. The Morgan fingerprint density at radius 3 is 2.40 bits per heavy atom. The van der Waals surface area contributed by atoms with Crippen molar-refractivity contribution in [1.29, 1.82) is 0 Å². The van der Waals surface area contributed by atoms with Crippen molar-refractivity contribution in [2.75, 3.05) is 0 Å². The number of rotatable bonds is 0. The summed E-state index contributed by atoms with van der Waals surface area (Å²) in [6, 6.07) is 0. The highest BCUT2D eigenvalue weighted by Crippen LogP contribution is 2.36. The van der Waals surface area contributed by atoms with Gasteiger partial charge in [-0.25, -0.2) is 0 Å². The van der Waals surface area contributed by atoms with Gasteiger partial charge in [0.15, 0.2) is 5.78 Å². The summed E-state index contributed by atoms with van der Waals surface area (Å²) in [5.74, 6) is 0.0926. The van der Waals surface area contributed by atoms with Crippen molar-refractivity contribution in [2.24, 2.45) is 5.41 Å². The van der Waals surface area contributed by atoms with Crippen LogP contribution in [-0.2, 0) is 4.79 Å². The van der Waals surface area contributed by atoms with Crippen LogP contribution in [0.1, 0.15) is 26.7 Å². The molecule has 2 heteroatoms. The Bertz CT molecular complexity index is 189. The van der Waals surface area contributed by atoms with Crippen LogP contribution in [0.25, 0.3) is 0 Å². The Balaban J connectivity index is 2.88. The molecule has 0 spiro atoms. The first-order valence-electron chi connectivity index (χ1n) is 3.46. The maximum atomic E-state index is 11.2. The van der Waals surface area contributed by atoms with Crippen LogP contribution >= 0.6 is 0 Å². The van der Waals surface area contributed by atoms with Crippen LogP contribution in [0.4, 0.5) is 0 Å². The normalized spacial score (nSPS) is 27.8. The molecule has 1 aliphatic rings. The zero-order valence-corrected chi connectivity index (χ0v) is 6.35. The van der Waals surface area contributed by atoms with Gasteiger partial charge >= 0.3 is 0 Å². The monoisotopic (exact) mass is 140 g/mol. The van der Waals surface area contributed by atoms with Crippen molar-refractivity contribution in [3.05, 3.63) is 11.8 Å². The molecule has 1 fully saturated rings. The molecule has 0 aliphatic heterocycles. The minimum Gasteiger partial charge on any atom is -0.515 e. The number of ketones is 1. The quantitative estimate of drug-likeness (QED) is 0.411. The van der Waals surface area contributed by atoms with Crippen molar-refractivity contribution < 1.29 is 9.90 Å². The van der Waals surface area contributed by atoms with E-state index >= 15 is 0 Å². The average molecular weight is 140 g/mol. The predicted octanol–water partition coefficient (Wildman–Crippen LogP) is 1.82. The maximum absolute atomic E-state index is 11.2. The average Bonchev–Trinajstić information content (AvgIpc) is 2.10. The van der Waals surface area contributed by atoms with Gasteiger partial charge in [-0.3, -0.25) is 4.79 Å². The molecule has 1 aliphatic carbocycles. The first kappa shape index (κ1) is 7.32. The lowest BCUT2D eigenvalue weighted by Gasteiger charge is -2.12.